The summed E-state index contributed by atoms with van der Waals surface area (Å²) in [6.07, 6.45) is 2.57. The topological polar surface area (TPSA) is 50.7 Å². The van der Waals surface area contributed by atoms with Crippen LogP contribution >= 0.6 is 46.1 Å². The Morgan fingerprint density at radius 1 is 1.26 bits per heavy atom. The second kappa shape index (κ2) is 8.55. The highest BCUT2D eigenvalue weighted by Crippen LogP contribution is 2.33. The monoisotopic (exact) mass is 390 g/mol. The van der Waals surface area contributed by atoms with Crippen LogP contribution in [0.5, 0.6) is 5.75 Å². The van der Waals surface area contributed by atoms with Crippen molar-refractivity contribution in [3.63, 3.8) is 0 Å². The molecular formula is C15H13Cl3N2O2S. The molecule has 0 saturated carbocycles. The van der Waals surface area contributed by atoms with E-state index in [1.54, 1.807) is 17.6 Å². The number of nitrogens with one attached hydrogen (secondary N) is 1. The van der Waals surface area contributed by atoms with E-state index in [0.29, 0.717) is 10.0 Å². The molecule has 1 N–H and O–H groups in total. The number of halogens is 3. The number of hydrogen-bond donors (Lipinski definition) is 1. The zero-order chi connectivity index (χ0) is 16.8. The van der Waals surface area contributed by atoms with Gasteiger partial charge >= 0.3 is 0 Å². The van der Waals surface area contributed by atoms with E-state index in [4.69, 9.17) is 39.5 Å². The van der Waals surface area contributed by atoms with Gasteiger partial charge in [0.05, 0.1) is 21.3 Å². The molecule has 0 atom stereocenters. The average Bonchev–Trinajstić information content (AvgIpc) is 2.97. The fourth-order valence-electron chi connectivity index (χ4n) is 1.61. The third kappa shape index (κ3) is 5.39. The zero-order valence-electron chi connectivity index (χ0n) is 12.1. The summed E-state index contributed by atoms with van der Waals surface area (Å²) in [5.74, 6) is -0.123. The minimum Gasteiger partial charge on any atom is -0.482 e. The largest absolute Gasteiger partial charge is 0.482 e. The van der Waals surface area contributed by atoms with Crippen LogP contribution in [0.3, 0.4) is 0 Å². The first kappa shape index (κ1) is 18.1. The second-order valence-electron chi connectivity index (χ2n) is 4.44. The lowest BCUT2D eigenvalue weighted by atomic mass is 10.3. The first-order valence-electron chi connectivity index (χ1n) is 6.67. The number of nitrogens with zero attached hydrogens (tertiary/aromatic N) is 1. The summed E-state index contributed by atoms with van der Waals surface area (Å²) < 4.78 is 5.30. The number of carbonyl (C=O) groups is 1. The Kier molecular flexibility index (Phi) is 6.72. The van der Waals surface area contributed by atoms with E-state index >= 15 is 0 Å². The van der Waals surface area contributed by atoms with Gasteiger partial charge in [-0.05, 0) is 24.6 Å². The minimum absolute atomic E-state index is 0.236. The second-order valence-corrected chi connectivity index (χ2v) is 6.86. The van der Waals surface area contributed by atoms with Crippen molar-refractivity contribution in [1.82, 2.24) is 5.43 Å². The highest BCUT2D eigenvalue weighted by Gasteiger charge is 2.09. The molecule has 1 aromatic heterocycles. The number of amides is 1. The van der Waals surface area contributed by atoms with Crippen LogP contribution in [-0.4, -0.2) is 18.7 Å². The van der Waals surface area contributed by atoms with Crippen molar-refractivity contribution in [3.05, 3.63) is 49.1 Å². The molecule has 1 heterocycles. The van der Waals surface area contributed by atoms with Gasteiger partial charge in [-0.2, -0.15) is 5.10 Å². The molecule has 0 fully saturated rings. The van der Waals surface area contributed by atoms with E-state index in [-0.39, 0.29) is 17.4 Å². The Morgan fingerprint density at radius 3 is 2.70 bits per heavy atom. The summed E-state index contributed by atoms with van der Waals surface area (Å²) in [4.78, 5) is 13.9. The molecular weight excluding hydrogens is 379 g/mol. The Balaban J connectivity index is 1.84. The van der Waals surface area contributed by atoms with E-state index < -0.39 is 5.91 Å². The molecule has 23 heavy (non-hydrogen) atoms. The minimum atomic E-state index is -0.407. The Bertz CT molecular complexity index is 732. The lowest BCUT2D eigenvalue weighted by molar-refractivity contribution is -0.123. The molecule has 0 bridgehead atoms. The first-order chi connectivity index (χ1) is 11.0. The summed E-state index contributed by atoms with van der Waals surface area (Å²) >= 11 is 19.3. The predicted molar refractivity (Wildman–Crippen MR) is 96.4 cm³/mol. The molecule has 4 nitrogen and oxygen atoms in total. The lowest BCUT2D eigenvalue weighted by Gasteiger charge is -2.08. The van der Waals surface area contributed by atoms with Crippen molar-refractivity contribution in [2.24, 2.45) is 5.10 Å². The van der Waals surface area contributed by atoms with E-state index in [1.807, 2.05) is 12.1 Å². The lowest BCUT2D eigenvalue weighted by Crippen LogP contribution is -2.24. The summed E-state index contributed by atoms with van der Waals surface area (Å²) in [6, 6.07) is 6.90. The predicted octanol–water partition coefficient (Wildman–Crippen LogP) is 4.80. The maximum absolute atomic E-state index is 11.7. The molecule has 0 aliphatic carbocycles. The van der Waals surface area contributed by atoms with Crippen LogP contribution in [0.1, 0.15) is 16.7 Å². The molecule has 0 spiro atoms. The van der Waals surface area contributed by atoms with Crippen LogP contribution in [0.2, 0.25) is 15.1 Å². The van der Waals surface area contributed by atoms with E-state index in [1.165, 1.54) is 17.0 Å². The third-order valence-electron chi connectivity index (χ3n) is 2.75. The van der Waals surface area contributed by atoms with Gasteiger partial charge in [0.15, 0.2) is 6.61 Å². The number of hydrazone groups is 1. The molecule has 0 aliphatic heterocycles. The van der Waals surface area contributed by atoms with Gasteiger partial charge in [-0.1, -0.05) is 41.7 Å². The molecule has 122 valence electrons. The van der Waals surface area contributed by atoms with Crippen LogP contribution in [0.15, 0.2) is 29.4 Å². The third-order valence-corrected chi connectivity index (χ3v) is 4.93. The summed E-state index contributed by atoms with van der Waals surface area (Å²) in [6.45, 7) is 1.85. The Hall–Kier alpha value is -1.27. The van der Waals surface area contributed by atoms with Crippen molar-refractivity contribution in [2.75, 3.05) is 6.61 Å². The smallest absolute Gasteiger partial charge is 0.277 e. The summed E-state index contributed by atoms with van der Waals surface area (Å²) in [7, 11) is 0. The standard InChI is InChI=1S/C15H13Cl3N2O2S/c1-2-9-3-4-10(23-9)7-19-20-15(21)8-22-14-6-12(17)11(16)5-13(14)18/h3-7H,2,8H2,1H3,(H,20,21). The van der Waals surface area contributed by atoms with E-state index in [0.717, 1.165) is 11.3 Å². The van der Waals surface area contributed by atoms with Gasteiger partial charge in [0.1, 0.15) is 5.75 Å². The van der Waals surface area contributed by atoms with E-state index in [9.17, 15) is 4.79 Å². The maximum Gasteiger partial charge on any atom is 0.277 e. The molecule has 1 aromatic carbocycles. The van der Waals surface area contributed by atoms with Crippen molar-refractivity contribution >= 4 is 58.3 Å². The Labute approximate surface area is 153 Å². The number of rotatable bonds is 6. The van der Waals surface area contributed by atoms with Gasteiger partial charge < -0.3 is 4.74 Å². The van der Waals surface area contributed by atoms with Crippen LogP contribution in [0.25, 0.3) is 0 Å². The first-order valence-corrected chi connectivity index (χ1v) is 8.62. The number of aryl methyl sites for hydroxylation is 1. The SMILES string of the molecule is CCc1ccc(C=NNC(=O)COc2cc(Cl)c(Cl)cc2Cl)s1. The van der Waals surface area contributed by atoms with Gasteiger partial charge in [-0.3, -0.25) is 4.79 Å². The molecule has 0 aliphatic rings. The normalized spacial score (nSPS) is 11.0. The van der Waals surface area contributed by atoms with Gasteiger partial charge in [-0.15, -0.1) is 11.3 Å². The zero-order valence-corrected chi connectivity index (χ0v) is 15.2. The van der Waals surface area contributed by atoms with Crippen molar-refractivity contribution in [1.29, 1.82) is 0 Å². The fourth-order valence-corrected chi connectivity index (χ4v) is 3.03. The van der Waals surface area contributed by atoms with Crippen molar-refractivity contribution < 1.29 is 9.53 Å². The molecule has 0 radical (unpaired) electrons. The number of carbonyl (C=O) groups excluding carboxylic acids is 1. The van der Waals surface area contributed by atoms with Crippen molar-refractivity contribution in [2.45, 2.75) is 13.3 Å². The van der Waals surface area contributed by atoms with Gasteiger partial charge in [-0.25, -0.2) is 5.43 Å². The number of ether oxygens (including phenoxy) is 1. The Morgan fingerprint density at radius 2 is 2.00 bits per heavy atom. The highest BCUT2D eigenvalue weighted by atomic mass is 35.5. The number of hydrogen-bond acceptors (Lipinski definition) is 4. The molecule has 8 heteroatoms. The molecule has 1 amide bonds. The van der Waals surface area contributed by atoms with E-state index in [2.05, 4.69) is 17.5 Å². The number of thiophene rings is 1. The van der Waals surface area contributed by atoms with Gasteiger partial charge in [0.2, 0.25) is 0 Å². The fraction of sp³-hybridized carbons (Fsp3) is 0.200. The van der Waals surface area contributed by atoms with Crippen molar-refractivity contribution in [3.8, 4) is 5.75 Å². The summed E-state index contributed by atoms with van der Waals surface area (Å²) in [5, 5.41) is 4.78. The maximum atomic E-state index is 11.7. The van der Waals surface area contributed by atoms with Gasteiger partial charge in [0, 0.05) is 15.8 Å². The van der Waals surface area contributed by atoms with Crippen LogP contribution in [-0.2, 0) is 11.2 Å². The van der Waals surface area contributed by atoms with Gasteiger partial charge in [0.25, 0.3) is 5.91 Å². The quantitative estimate of drug-likeness (QED) is 0.437. The highest BCUT2D eigenvalue weighted by molar-refractivity contribution is 7.13. The molecule has 0 unspecified atom stereocenters. The van der Waals surface area contributed by atoms with Crippen LogP contribution < -0.4 is 10.2 Å². The summed E-state index contributed by atoms with van der Waals surface area (Å²) in [5.41, 5.74) is 2.38. The molecule has 0 saturated heterocycles. The van der Waals surface area contributed by atoms with Crippen LogP contribution in [0, 0.1) is 0 Å². The average molecular weight is 392 g/mol. The van der Waals surface area contributed by atoms with Crippen LogP contribution in [0.4, 0.5) is 0 Å². The molecule has 2 aromatic rings. The molecule has 2 rings (SSSR count). The number of benzene rings is 1.